The molecule has 0 bridgehead atoms. The van der Waals surface area contributed by atoms with Gasteiger partial charge in [-0.15, -0.1) is 0 Å². The fourth-order valence-corrected chi connectivity index (χ4v) is 3.94. The van der Waals surface area contributed by atoms with E-state index in [9.17, 15) is 13.2 Å². The molecular weight excluding hydrogens is 423 g/mol. The van der Waals surface area contributed by atoms with Gasteiger partial charge in [-0.1, -0.05) is 35.3 Å². The molecule has 0 spiro atoms. The number of rotatable bonds is 9. The van der Waals surface area contributed by atoms with Crippen molar-refractivity contribution in [2.75, 3.05) is 30.8 Å². The standard InChI is InChI=1S/C19H22Cl2N2O4S/c1-27-18-7-5-14(6-8-18)4-3-9-22-19(24)13-23(28(2,25)26)17-11-15(20)10-16(21)12-17/h5-8,10-12H,3-4,9,13H2,1-2H3,(H,22,24). The first-order valence-electron chi connectivity index (χ1n) is 8.52. The molecule has 0 aliphatic carbocycles. The maximum atomic E-state index is 12.2. The Kier molecular flexibility index (Phi) is 7.98. The SMILES string of the molecule is COc1ccc(CCCNC(=O)CN(c2cc(Cl)cc(Cl)c2)S(C)(=O)=O)cc1. The van der Waals surface area contributed by atoms with E-state index in [-0.39, 0.29) is 22.3 Å². The summed E-state index contributed by atoms with van der Waals surface area (Å²) in [6.07, 6.45) is 2.53. The zero-order valence-corrected chi connectivity index (χ0v) is 17.9. The smallest absolute Gasteiger partial charge is 0.240 e. The van der Waals surface area contributed by atoms with E-state index in [0.717, 1.165) is 34.7 Å². The van der Waals surface area contributed by atoms with Gasteiger partial charge in [-0.3, -0.25) is 9.10 Å². The number of sulfonamides is 1. The molecule has 1 N–H and O–H groups in total. The number of hydrogen-bond acceptors (Lipinski definition) is 4. The molecule has 0 fully saturated rings. The van der Waals surface area contributed by atoms with Gasteiger partial charge in [-0.05, 0) is 48.7 Å². The Bertz CT molecular complexity index is 898. The van der Waals surface area contributed by atoms with Crippen LogP contribution in [0.25, 0.3) is 0 Å². The van der Waals surface area contributed by atoms with Crippen molar-refractivity contribution in [3.63, 3.8) is 0 Å². The molecule has 0 aliphatic heterocycles. The second-order valence-electron chi connectivity index (χ2n) is 6.20. The number of carbonyl (C=O) groups excluding carboxylic acids is 1. The summed E-state index contributed by atoms with van der Waals surface area (Å²) in [5.74, 6) is 0.385. The number of aryl methyl sites for hydroxylation is 1. The van der Waals surface area contributed by atoms with E-state index in [2.05, 4.69) is 5.32 Å². The van der Waals surface area contributed by atoms with Crippen molar-refractivity contribution in [3.8, 4) is 5.75 Å². The number of amides is 1. The molecular formula is C19H22Cl2N2O4S. The Labute approximate surface area is 175 Å². The van der Waals surface area contributed by atoms with E-state index in [1.165, 1.54) is 18.2 Å². The van der Waals surface area contributed by atoms with E-state index in [4.69, 9.17) is 27.9 Å². The van der Waals surface area contributed by atoms with Crippen LogP contribution in [0.3, 0.4) is 0 Å². The lowest BCUT2D eigenvalue weighted by atomic mass is 10.1. The molecule has 2 rings (SSSR count). The molecule has 0 unspecified atom stereocenters. The molecule has 28 heavy (non-hydrogen) atoms. The van der Waals surface area contributed by atoms with Crippen LogP contribution in [0.4, 0.5) is 5.69 Å². The molecule has 0 aromatic heterocycles. The van der Waals surface area contributed by atoms with Crippen molar-refractivity contribution in [2.24, 2.45) is 0 Å². The van der Waals surface area contributed by atoms with Gasteiger partial charge in [0.2, 0.25) is 15.9 Å². The molecule has 0 saturated carbocycles. The zero-order chi connectivity index (χ0) is 20.7. The van der Waals surface area contributed by atoms with Crippen LogP contribution >= 0.6 is 23.2 Å². The lowest BCUT2D eigenvalue weighted by molar-refractivity contribution is -0.119. The van der Waals surface area contributed by atoms with Gasteiger partial charge in [0.05, 0.1) is 19.1 Å². The van der Waals surface area contributed by atoms with Crippen molar-refractivity contribution in [2.45, 2.75) is 12.8 Å². The van der Waals surface area contributed by atoms with Gasteiger partial charge < -0.3 is 10.1 Å². The van der Waals surface area contributed by atoms with Gasteiger partial charge in [0, 0.05) is 16.6 Å². The van der Waals surface area contributed by atoms with Crippen LogP contribution < -0.4 is 14.4 Å². The van der Waals surface area contributed by atoms with E-state index in [1.807, 2.05) is 24.3 Å². The van der Waals surface area contributed by atoms with Crippen LogP contribution in [0, 0.1) is 0 Å². The normalized spacial score (nSPS) is 11.1. The molecule has 2 aromatic rings. The van der Waals surface area contributed by atoms with Crippen LogP contribution in [0.5, 0.6) is 5.75 Å². The number of anilines is 1. The van der Waals surface area contributed by atoms with Gasteiger partial charge in [0.1, 0.15) is 12.3 Å². The molecule has 0 atom stereocenters. The second-order valence-corrected chi connectivity index (χ2v) is 8.98. The average molecular weight is 445 g/mol. The predicted molar refractivity (Wildman–Crippen MR) is 113 cm³/mol. The van der Waals surface area contributed by atoms with Crippen LogP contribution in [0.2, 0.25) is 10.0 Å². The first-order chi connectivity index (χ1) is 13.2. The third-order valence-electron chi connectivity index (χ3n) is 3.95. The minimum Gasteiger partial charge on any atom is -0.497 e. The first-order valence-corrected chi connectivity index (χ1v) is 11.1. The number of carbonyl (C=O) groups is 1. The van der Waals surface area contributed by atoms with E-state index < -0.39 is 15.9 Å². The summed E-state index contributed by atoms with van der Waals surface area (Å²) < 4.78 is 30.3. The molecule has 0 radical (unpaired) electrons. The number of nitrogens with zero attached hydrogens (tertiary/aromatic N) is 1. The molecule has 1 amide bonds. The van der Waals surface area contributed by atoms with Crippen molar-refractivity contribution in [3.05, 3.63) is 58.1 Å². The van der Waals surface area contributed by atoms with Crippen LogP contribution in [0.1, 0.15) is 12.0 Å². The summed E-state index contributed by atoms with van der Waals surface area (Å²) in [7, 11) is -2.07. The Morgan fingerprint density at radius 1 is 1.11 bits per heavy atom. The topological polar surface area (TPSA) is 75.7 Å². The minimum absolute atomic E-state index is 0.244. The molecule has 0 aliphatic rings. The number of methoxy groups -OCH3 is 1. The van der Waals surface area contributed by atoms with E-state index >= 15 is 0 Å². The summed E-state index contributed by atoms with van der Waals surface area (Å²) in [5, 5.41) is 3.32. The highest BCUT2D eigenvalue weighted by Gasteiger charge is 2.21. The largest absolute Gasteiger partial charge is 0.497 e. The Hall–Kier alpha value is -1.96. The lowest BCUT2D eigenvalue weighted by Crippen LogP contribution is -2.40. The summed E-state index contributed by atoms with van der Waals surface area (Å²) in [6.45, 7) is 0.0802. The molecule has 152 valence electrons. The van der Waals surface area contributed by atoms with Gasteiger partial charge in [0.15, 0.2) is 0 Å². The van der Waals surface area contributed by atoms with Crippen LogP contribution in [0.15, 0.2) is 42.5 Å². The summed E-state index contributed by atoms with van der Waals surface area (Å²) in [5.41, 5.74) is 1.37. The van der Waals surface area contributed by atoms with Gasteiger partial charge in [-0.25, -0.2) is 8.42 Å². The summed E-state index contributed by atoms with van der Waals surface area (Å²) in [4.78, 5) is 12.2. The molecule has 6 nitrogen and oxygen atoms in total. The van der Waals surface area contributed by atoms with E-state index in [0.29, 0.717) is 6.54 Å². The average Bonchev–Trinajstić information content (AvgIpc) is 2.62. The summed E-state index contributed by atoms with van der Waals surface area (Å²) in [6, 6.07) is 12.1. The molecule has 0 heterocycles. The molecule has 9 heteroatoms. The molecule has 2 aromatic carbocycles. The maximum absolute atomic E-state index is 12.2. The molecule has 0 saturated heterocycles. The van der Waals surface area contributed by atoms with Crippen molar-refractivity contribution in [1.82, 2.24) is 5.32 Å². The van der Waals surface area contributed by atoms with E-state index in [1.54, 1.807) is 7.11 Å². The minimum atomic E-state index is -3.68. The number of hydrogen-bond donors (Lipinski definition) is 1. The maximum Gasteiger partial charge on any atom is 0.240 e. The fourth-order valence-electron chi connectivity index (χ4n) is 2.58. The van der Waals surface area contributed by atoms with Gasteiger partial charge in [0.25, 0.3) is 0 Å². The lowest BCUT2D eigenvalue weighted by Gasteiger charge is -2.22. The predicted octanol–water partition coefficient (Wildman–Crippen LogP) is 3.52. The number of ether oxygens (including phenoxy) is 1. The fraction of sp³-hybridized carbons (Fsp3) is 0.316. The third kappa shape index (κ3) is 6.89. The zero-order valence-electron chi connectivity index (χ0n) is 15.6. The van der Waals surface area contributed by atoms with Crippen LogP contribution in [-0.4, -0.2) is 40.8 Å². The first kappa shape index (κ1) is 22.3. The highest BCUT2D eigenvalue weighted by Crippen LogP contribution is 2.26. The number of benzene rings is 2. The van der Waals surface area contributed by atoms with Crippen molar-refractivity contribution in [1.29, 1.82) is 0 Å². The third-order valence-corrected chi connectivity index (χ3v) is 5.52. The number of halogens is 2. The van der Waals surface area contributed by atoms with Crippen molar-refractivity contribution >= 4 is 44.8 Å². The quantitative estimate of drug-likeness (QED) is 0.600. The Morgan fingerprint density at radius 2 is 1.71 bits per heavy atom. The van der Waals surface area contributed by atoms with Gasteiger partial charge in [-0.2, -0.15) is 0 Å². The number of nitrogens with one attached hydrogen (secondary N) is 1. The Morgan fingerprint density at radius 3 is 2.25 bits per heavy atom. The highest BCUT2D eigenvalue weighted by atomic mass is 35.5. The monoisotopic (exact) mass is 444 g/mol. The summed E-state index contributed by atoms with van der Waals surface area (Å²) >= 11 is 11.9. The highest BCUT2D eigenvalue weighted by molar-refractivity contribution is 7.92. The van der Waals surface area contributed by atoms with Gasteiger partial charge >= 0.3 is 0 Å². The van der Waals surface area contributed by atoms with Crippen molar-refractivity contribution < 1.29 is 17.9 Å². The second kappa shape index (κ2) is 10.0. The Balaban J connectivity index is 1.91. The van der Waals surface area contributed by atoms with Crippen LogP contribution in [-0.2, 0) is 21.2 Å².